The summed E-state index contributed by atoms with van der Waals surface area (Å²) >= 11 is 0. The molecule has 25 heavy (non-hydrogen) atoms. The van der Waals surface area contributed by atoms with Crippen molar-refractivity contribution in [3.63, 3.8) is 0 Å². The molecule has 1 aliphatic heterocycles. The van der Waals surface area contributed by atoms with Gasteiger partial charge < -0.3 is 15.2 Å². The minimum Gasteiger partial charge on any atom is -0.481 e. The summed E-state index contributed by atoms with van der Waals surface area (Å²) in [7, 11) is 0. The standard InChI is InChI=1S/C17H22N4O4/c1-10-8-11(2)21-14(19-10)13(12(3)20-21)15(22)18-9-17(16(23)24)4-6-25-7-5-17/h8H,4-7,9H2,1-3H3,(H,18,22)(H,23,24). The van der Waals surface area contributed by atoms with E-state index in [9.17, 15) is 14.7 Å². The number of rotatable bonds is 4. The van der Waals surface area contributed by atoms with Crippen LogP contribution in [0.1, 0.15) is 40.3 Å². The number of aromatic nitrogens is 3. The zero-order valence-corrected chi connectivity index (χ0v) is 14.6. The van der Waals surface area contributed by atoms with Crippen molar-refractivity contribution in [2.24, 2.45) is 5.41 Å². The van der Waals surface area contributed by atoms with Gasteiger partial charge in [0.1, 0.15) is 5.56 Å². The van der Waals surface area contributed by atoms with Gasteiger partial charge in [-0.3, -0.25) is 9.59 Å². The highest BCUT2D eigenvalue weighted by molar-refractivity contribution is 6.01. The Hall–Kier alpha value is -2.48. The number of fused-ring (bicyclic) bond motifs is 1. The highest BCUT2D eigenvalue weighted by Gasteiger charge is 2.40. The molecule has 1 saturated heterocycles. The van der Waals surface area contributed by atoms with Crippen molar-refractivity contribution in [3.8, 4) is 0 Å². The number of carbonyl (C=O) groups is 2. The van der Waals surface area contributed by atoms with Crippen molar-refractivity contribution < 1.29 is 19.4 Å². The van der Waals surface area contributed by atoms with E-state index in [1.807, 2.05) is 19.9 Å². The first kappa shape index (κ1) is 17.3. The largest absolute Gasteiger partial charge is 0.481 e. The molecule has 3 heterocycles. The maximum Gasteiger partial charge on any atom is 0.311 e. The maximum atomic E-state index is 12.7. The molecule has 2 aromatic rings. The molecule has 1 fully saturated rings. The molecule has 1 aliphatic rings. The van der Waals surface area contributed by atoms with Gasteiger partial charge in [0, 0.05) is 31.1 Å². The molecule has 8 heteroatoms. The number of aliphatic carboxylic acids is 1. The topological polar surface area (TPSA) is 106 Å². The first-order valence-corrected chi connectivity index (χ1v) is 8.27. The fourth-order valence-corrected chi connectivity index (χ4v) is 3.26. The van der Waals surface area contributed by atoms with Gasteiger partial charge in [0.2, 0.25) is 0 Å². The van der Waals surface area contributed by atoms with E-state index < -0.39 is 11.4 Å². The van der Waals surface area contributed by atoms with Crippen LogP contribution < -0.4 is 5.32 Å². The Kier molecular flexibility index (Phi) is 4.47. The molecule has 0 aromatic carbocycles. The maximum absolute atomic E-state index is 12.7. The molecule has 2 N–H and O–H groups in total. The third kappa shape index (κ3) is 3.09. The van der Waals surface area contributed by atoms with Crippen LogP contribution in [-0.4, -0.2) is 51.3 Å². The Bertz CT molecular complexity index is 837. The zero-order chi connectivity index (χ0) is 18.2. The van der Waals surface area contributed by atoms with Crippen molar-refractivity contribution >= 4 is 17.5 Å². The van der Waals surface area contributed by atoms with Gasteiger partial charge in [-0.15, -0.1) is 0 Å². The van der Waals surface area contributed by atoms with Crippen molar-refractivity contribution in [3.05, 3.63) is 28.7 Å². The monoisotopic (exact) mass is 346 g/mol. The van der Waals surface area contributed by atoms with E-state index in [1.54, 1.807) is 11.4 Å². The number of carboxylic acids is 1. The van der Waals surface area contributed by atoms with Gasteiger partial charge in [-0.25, -0.2) is 9.50 Å². The van der Waals surface area contributed by atoms with Crippen LogP contribution in [0.4, 0.5) is 0 Å². The Labute approximate surface area is 145 Å². The molecule has 0 spiro atoms. The van der Waals surface area contributed by atoms with Gasteiger partial charge in [-0.1, -0.05) is 0 Å². The lowest BCUT2D eigenvalue weighted by Crippen LogP contribution is -2.46. The number of amides is 1. The van der Waals surface area contributed by atoms with Crippen molar-refractivity contribution in [2.45, 2.75) is 33.6 Å². The molecule has 0 radical (unpaired) electrons. The van der Waals surface area contributed by atoms with Crippen molar-refractivity contribution in [1.82, 2.24) is 19.9 Å². The molecule has 0 unspecified atom stereocenters. The lowest BCUT2D eigenvalue weighted by molar-refractivity contribution is -0.154. The normalized spacial score (nSPS) is 16.8. The SMILES string of the molecule is Cc1cc(C)n2nc(C)c(C(=O)NCC3(C(=O)O)CCOCC3)c2n1. The van der Waals surface area contributed by atoms with Crippen molar-refractivity contribution in [2.75, 3.05) is 19.8 Å². The van der Waals surface area contributed by atoms with Crippen LogP contribution in [0.5, 0.6) is 0 Å². The molecular weight excluding hydrogens is 324 g/mol. The van der Waals surface area contributed by atoms with Gasteiger partial charge in [0.25, 0.3) is 5.91 Å². The minimum absolute atomic E-state index is 0.0616. The second kappa shape index (κ2) is 6.44. The highest BCUT2D eigenvalue weighted by Crippen LogP contribution is 2.30. The second-order valence-electron chi connectivity index (χ2n) is 6.62. The summed E-state index contributed by atoms with van der Waals surface area (Å²) in [5.41, 5.74) is 2.14. The molecule has 1 amide bonds. The molecular formula is C17H22N4O4. The summed E-state index contributed by atoms with van der Waals surface area (Å²) in [5.74, 6) is -1.25. The van der Waals surface area contributed by atoms with Crippen LogP contribution in [0.15, 0.2) is 6.07 Å². The summed E-state index contributed by atoms with van der Waals surface area (Å²) in [6, 6.07) is 1.89. The van der Waals surface area contributed by atoms with Gasteiger partial charge in [0.05, 0.1) is 11.1 Å². The molecule has 0 bridgehead atoms. The Morgan fingerprint density at radius 1 is 1.32 bits per heavy atom. The summed E-state index contributed by atoms with van der Waals surface area (Å²) in [6.45, 7) is 6.34. The average Bonchev–Trinajstić information content (AvgIpc) is 2.90. The van der Waals surface area contributed by atoms with Crippen molar-refractivity contribution in [1.29, 1.82) is 0 Å². The molecule has 8 nitrogen and oxygen atoms in total. The minimum atomic E-state index is -0.982. The van der Waals surface area contributed by atoms with E-state index in [-0.39, 0.29) is 12.5 Å². The number of hydrogen-bond donors (Lipinski definition) is 2. The fourth-order valence-electron chi connectivity index (χ4n) is 3.26. The predicted molar refractivity (Wildman–Crippen MR) is 89.7 cm³/mol. The number of hydrogen-bond acceptors (Lipinski definition) is 5. The third-order valence-corrected chi connectivity index (χ3v) is 4.79. The smallest absolute Gasteiger partial charge is 0.311 e. The summed E-state index contributed by atoms with van der Waals surface area (Å²) in [4.78, 5) is 28.9. The van der Waals surface area contributed by atoms with Crippen LogP contribution in [-0.2, 0) is 9.53 Å². The quantitative estimate of drug-likeness (QED) is 0.863. The van der Waals surface area contributed by atoms with Gasteiger partial charge in [-0.2, -0.15) is 5.10 Å². The number of aryl methyl sites for hydroxylation is 3. The van der Waals surface area contributed by atoms with E-state index in [2.05, 4.69) is 15.4 Å². The van der Waals surface area contributed by atoms with Crippen LogP contribution in [0.3, 0.4) is 0 Å². The molecule has 3 rings (SSSR count). The summed E-state index contributed by atoms with van der Waals surface area (Å²) in [5, 5.41) is 16.8. The van der Waals surface area contributed by atoms with E-state index >= 15 is 0 Å². The summed E-state index contributed by atoms with van der Waals surface area (Å²) in [6.07, 6.45) is 0.764. The van der Waals surface area contributed by atoms with Crippen LogP contribution in [0, 0.1) is 26.2 Å². The highest BCUT2D eigenvalue weighted by atomic mass is 16.5. The Morgan fingerprint density at radius 2 is 2.00 bits per heavy atom. The van der Waals surface area contributed by atoms with Gasteiger partial charge >= 0.3 is 5.97 Å². The van der Waals surface area contributed by atoms with E-state index in [0.29, 0.717) is 43.0 Å². The Morgan fingerprint density at radius 3 is 2.64 bits per heavy atom. The summed E-state index contributed by atoms with van der Waals surface area (Å²) < 4.78 is 6.90. The molecule has 0 saturated carbocycles. The number of nitrogens with one attached hydrogen (secondary N) is 1. The molecule has 0 atom stereocenters. The van der Waals surface area contributed by atoms with Gasteiger partial charge in [-0.05, 0) is 39.7 Å². The third-order valence-electron chi connectivity index (χ3n) is 4.79. The number of carbonyl (C=O) groups excluding carboxylic acids is 1. The molecule has 0 aliphatic carbocycles. The van der Waals surface area contributed by atoms with E-state index in [1.165, 1.54) is 0 Å². The molecule has 134 valence electrons. The lowest BCUT2D eigenvalue weighted by atomic mass is 9.80. The predicted octanol–water partition coefficient (Wildman–Crippen LogP) is 1.27. The van der Waals surface area contributed by atoms with Gasteiger partial charge in [0.15, 0.2) is 5.65 Å². The number of nitrogens with zero attached hydrogens (tertiary/aromatic N) is 3. The zero-order valence-electron chi connectivity index (χ0n) is 14.6. The fraction of sp³-hybridized carbons (Fsp3) is 0.529. The van der Waals surface area contributed by atoms with E-state index in [0.717, 1.165) is 11.4 Å². The first-order chi connectivity index (χ1) is 11.8. The molecule has 2 aromatic heterocycles. The van der Waals surface area contributed by atoms with Crippen LogP contribution in [0.25, 0.3) is 5.65 Å². The van der Waals surface area contributed by atoms with Crippen LogP contribution in [0.2, 0.25) is 0 Å². The number of ether oxygens (including phenoxy) is 1. The second-order valence-corrected chi connectivity index (χ2v) is 6.62. The van der Waals surface area contributed by atoms with Crippen LogP contribution >= 0.6 is 0 Å². The average molecular weight is 346 g/mol. The first-order valence-electron chi connectivity index (χ1n) is 8.27. The number of carboxylic acid groups (broad SMARTS) is 1. The van der Waals surface area contributed by atoms with E-state index in [4.69, 9.17) is 4.74 Å². The Balaban J connectivity index is 1.87. The lowest BCUT2D eigenvalue weighted by Gasteiger charge is -2.33.